The maximum Gasteiger partial charge on any atom is 0.318 e. The van der Waals surface area contributed by atoms with Crippen LogP contribution in [0.5, 0.6) is 6.01 Å². The molecule has 0 fully saturated rings. The lowest BCUT2D eigenvalue weighted by Gasteiger charge is -2.08. The molecule has 23 heavy (non-hydrogen) atoms. The van der Waals surface area contributed by atoms with E-state index in [0.717, 1.165) is 12.1 Å². The van der Waals surface area contributed by atoms with E-state index in [0.29, 0.717) is 0 Å². The third-order valence-corrected chi connectivity index (χ3v) is 2.68. The first-order chi connectivity index (χ1) is 11.0. The van der Waals surface area contributed by atoms with E-state index in [4.69, 9.17) is 16.2 Å². The number of alkyl halides is 2. The Kier molecular flexibility index (Phi) is 5.23. The summed E-state index contributed by atoms with van der Waals surface area (Å²) in [6.07, 6.45) is -0.128. The third-order valence-electron chi connectivity index (χ3n) is 2.68. The Morgan fingerprint density at radius 3 is 2.83 bits per heavy atom. The van der Waals surface area contributed by atoms with Crippen LogP contribution in [0, 0.1) is 5.82 Å². The molecule has 9 heteroatoms. The van der Waals surface area contributed by atoms with Gasteiger partial charge in [0.15, 0.2) is 0 Å². The van der Waals surface area contributed by atoms with E-state index in [1.807, 2.05) is 0 Å². The van der Waals surface area contributed by atoms with Crippen LogP contribution in [0.3, 0.4) is 0 Å². The van der Waals surface area contributed by atoms with Crippen molar-refractivity contribution in [2.24, 2.45) is 5.73 Å². The average Bonchev–Trinajstić information content (AvgIpc) is 2.52. The van der Waals surface area contributed by atoms with Gasteiger partial charge in [0.1, 0.15) is 18.2 Å². The molecule has 2 rings (SSSR count). The number of benzene rings is 1. The Balaban J connectivity index is 1.95. The topological polar surface area (TPSA) is 99.1 Å². The normalized spacial score (nSPS) is 11.6. The van der Waals surface area contributed by atoms with E-state index in [9.17, 15) is 13.2 Å². The Morgan fingerprint density at radius 1 is 1.35 bits per heavy atom. The molecule has 0 bridgehead atoms. The molecule has 1 heterocycles. The van der Waals surface area contributed by atoms with Crippen LogP contribution in [0.1, 0.15) is 12.0 Å². The fourth-order valence-corrected chi connectivity index (χ4v) is 1.59. The van der Waals surface area contributed by atoms with Crippen LogP contribution in [0.2, 0.25) is 0 Å². The molecule has 0 radical (unpaired) electrons. The predicted octanol–water partition coefficient (Wildman–Crippen LogP) is 2.43. The number of nitrogens with zero attached hydrogens (tertiary/aromatic N) is 2. The summed E-state index contributed by atoms with van der Waals surface area (Å²) in [4.78, 5) is 7.65. The molecule has 0 atom stereocenters. The zero-order valence-corrected chi connectivity index (χ0v) is 11.8. The van der Waals surface area contributed by atoms with Crippen molar-refractivity contribution in [3.63, 3.8) is 0 Å². The molecule has 1 aromatic carbocycles. The molecule has 0 aliphatic heterocycles. The van der Waals surface area contributed by atoms with Crippen molar-refractivity contribution in [3.8, 4) is 6.01 Å². The maximum atomic E-state index is 13.2. The van der Waals surface area contributed by atoms with Crippen LogP contribution in [-0.4, -0.2) is 16.6 Å². The minimum atomic E-state index is -2.90. The van der Waals surface area contributed by atoms with Crippen LogP contribution in [-0.2, 0) is 0 Å². The largest absolute Gasteiger partial charge is 0.457 e. The summed E-state index contributed by atoms with van der Waals surface area (Å²) >= 11 is 0. The second-order valence-electron chi connectivity index (χ2n) is 4.45. The number of hydrogen-bond donors (Lipinski definition) is 3. The highest BCUT2D eigenvalue weighted by molar-refractivity contribution is 5.49. The monoisotopic (exact) mass is 325 g/mol. The summed E-state index contributed by atoms with van der Waals surface area (Å²) in [5.74, 6) is -0.717. The van der Waals surface area contributed by atoms with Crippen molar-refractivity contribution in [1.29, 1.82) is 0 Å². The van der Waals surface area contributed by atoms with Crippen molar-refractivity contribution >= 4 is 11.5 Å². The fourth-order valence-electron chi connectivity index (χ4n) is 1.59. The van der Waals surface area contributed by atoms with Crippen molar-refractivity contribution in [2.45, 2.75) is 6.43 Å². The number of anilines is 2. The molecule has 0 aliphatic carbocycles. The second kappa shape index (κ2) is 7.34. The standard InChI is InChI=1S/C14H14F3N5O/c15-11-2-1-9(5-10(11)13(16)17)21-6-8(18)7-23-14-20-4-3-12(19)22-14/h1-6,13,21H,7,18H2,(H2,19,20,22)/b8-6-. The summed E-state index contributed by atoms with van der Waals surface area (Å²) in [5.41, 5.74) is 11.0. The fraction of sp³-hybridized carbons (Fsp3) is 0.143. The van der Waals surface area contributed by atoms with Crippen LogP contribution in [0.25, 0.3) is 0 Å². The molecule has 0 unspecified atom stereocenters. The summed E-state index contributed by atoms with van der Waals surface area (Å²) in [6, 6.07) is 4.83. The molecule has 0 saturated heterocycles. The van der Waals surface area contributed by atoms with Gasteiger partial charge in [-0.15, -0.1) is 0 Å². The Labute approximate surface area is 130 Å². The van der Waals surface area contributed by atoms with Gasteiger partial charge in [0.2, 0.25) is 0 Å². The quantitative estimate of drug-likeness (QED) is 0.754. The van der Waals surface area contributed by atoms with Crippen LogP contribution in [0.4, 0.5) is 24.7 Å². The summed E-state index contributed by atoms with van der Waals surface area (Å²) in [5, 5.41) is 2.68. The second-order valence-corrected chi connectivity index (χ2v) is 4.45. The Morgan fingerprint density at radius 2 is 2.13 bits per heavy atom. The predicted molar refractivity (Wildman–Crippen MR) is 79.2 cm³/mol. The van der Waals surface area contributed by atoms with E-state index >= 15 is 0 Å². The SMILES string of the molecule is N/C(=C\Nc1ccc(F)c(C(F)F)c1)COc1nccc(N)n1. The highest BCUT2D eigenvalue weighted by atomic mass is 19.3. The van der Waals surface area contributed by atoms with Gasteiger partial charge in [0.25, 0.3) is 6.43 Å². The lowest BCUT2D eigenvalue weighted by molar-refractivity contribution is 0.146. The number of nitrogen functional groups attached to an aromatic ring is 1. The van der Waals surface area contributed by atoms with Crippen LogP contribution < -0.4 is 21.5 Å². The highest BCUT2D eigenvalue weighted by Crippen LogP contribution is 2.25. The van der Waals surface area contributed by atoms with Crippen molar-refractivity contribution in [1.82, 2.24) is 9.97 Å². The number of rotatable bonds is 6. The Hall–Kier alpha value is -2.97. The van der Waals surface area contributed by atoms with Gasteiger partial charge >= 0.3 is 6.01 Å². The first kappa shape index (κ1) is 16.4. The van der Waals surface area contributed by atoms with Crippen molar-refractivity contribution < 1.29 is 17.9 Å². The minimum absolute atomic E-state index is 0.0423. The number of hydrogen-bond acceptors (Lipinski definition) is 6. The zero-order chi connectivity index (χ0) is 16.8. The van der Waals surface area contributed by atoms with Gasteiger partial charge in [-0.3, -0.25) is 0 Å². The lowest BCUT2D eigenvalue weighted by atomic mass is 10.2. The lowest BCUT2D eigenvalue weighted by Crippen LogP contribution is -2.12. The molecule has 0 aliphatic rings. The number of aromatic nitrogens is 2. The van der Waals surface area contributed by atoms with Crippen molar-refractivity contribution in [2.75, 3.05) is 17.7 Å². The van der Waals surface area contributed by atoms with E-state index in [1.165, 1.54) is 24.5 Å². The van der Waals surface area contributed by atoms with Gasteiger partial charge in [-0.2, -0.15) is 4.98 Å². The van der Waals surface area contributed by atoms with Gasteiger partial charge in [-0.05, 0) is 24.3 Å². The molecule has 122 valence electrons. The summed E-state index contributed by atoms with van der Waals surface area (Å²) in [7, 11) is 0. The van der Waals surface area contributed by atoms with E-state index in [1.54, 1.807) is 0 Å². The summed E-state index contributed by atoms with van der Waals surface area (Å²) in [6.45, 7) is -0.0423. The molecule has 0 amide bonds. The van der Waals surface area contributed by atoms with E-state index in [2.05, 4.69) is 15.3 Å². The first-order valence-corrected chi connectivity index (χ1v) is 6.45. The van der Waals surface area contributed by atoms with Gasteiger partial charge in [0.05, 0.1) is 11.3 Å². The summed E-state index contributed by atoms with van der Waals surface area (Å²) < 4.78 is 43.6. The highest BCUT2D eigenvalue weighted by Gasteiger charge is 2.13. The first-order valence-electron chi connectivity index (χ1n) is 6.45. The molecule has 5 N–H and O–H groups in total. The molecule has 6 nitrogen and oxygen atoms in total. The molecule has 0 spiro atoms. The van der Waals surface area contributed by atoms with Gasteiger partial charge in [0, 0.05) is 18.1 Å². The smallest absolute Gasteiger partial charge is 0.318 e. The number of ether oxygens (including phenoxy) is 1. The van der Waals surface area contributed by atoms with Gasteiger partial charge < -0.3 is 21.5 Å². The zero-order valence-electron chi connectivity index (χ0n) is 11.8. The number of nitrogens with two attached hydrogens (primary N) is 2. The van der Waals surface area contributed by atoms with E-state index < -0.39 is 17.8 Å². The van der Waals surface area contributed by atoms with Gasteiger partial charge in [-0.25, -0.2) is 18.2 Å². The van der Waals surface area contributed by atoms with Gasteiger partial charge in [-0.1, -0.05) is 0 Å². The molecule has 1 aromatic heterocycles. The average molecular weight is 325 g/mol. The number of halogens is 3. The minimum Gasteiger partial charge on any atom is -0.457 e. The van der Waals surface area contributed by atoms with Crippen LogP contribution >= 0.6 is 0 Å². The molecular formula is C14H14F3N5O. The maximum absolute atomic E-state index is 13.2. The molecule has 0 saturated carbocycles. The third kappa shape index (κ3) is 4.77. The van der Waals surface area contributed by atoms with Crippen molar-refractivity contribution in [3.05, 3.63) is 53.7 Å². The Bertz CT molecular complexity index is 709. The molecule has 2 aromatic rings. The van der Waals surface area contributed by atoms with E-state index in [-0.39, 0.29) is 29.8 Å². The van der Waals surface area contributed by atoms with Crippen LogP contribution in [0.15, 0.2) is 42.4 Å². The molecular weight excluding hydrogens is 311 g/mol. The number of nitrogens with one attached hydrogen (secondary N) is 1.